The maximum atomic E-state index is 6.66. The molecule has 4 heteroatoms. The Hall–Kier alpha value is -2.13. The minimum absolute atomic E-state index is 0. The summed E-state index contributed by atoms with van der Waals surface area (Å²) in [4.78, 5) is 0. The number of fused-ring (bicyclic) bond motifs is 1. The summed E-state index contributed by atoms with van der Waals surface area (Å²) in [6.45, 7) is 6.76. The molecule has 0 unspecified atom stereocenters. The van der Waals surface area contributed by atoms with Crippen molar-refractivity contribution >= 4 is 41.2 Å². The maximum absolute atomic E-state index is 6.66. The number of allylic oxidation sites excluding steroid dienone is 4. The normalized spacial score (nSPS) is 13.5. The van der Waals surface area contributed by atoms with E-state index in [1.165, 1.54) is 44.2 Å². The second kappa shape index (κ2) is 11.3. The van der Waals surface area contributed by atoms with E-state index in [-0.39, 0.29) is 24.8 Å². The van der Waals surface area contributed by atoms with Crippen molar-refractivity contribution in [3.05, 3.63) is 136 Å². The Labute approximate surface area is 233 Å². The van der Waals surface area contributed by atoms with Crippen molar-refractivity contribution in [1.82, 2.24) is 0 Å². The third-order valence-corrected chi connectivity index (χ3v) is 7.70. The van der Waals surface area contributed by atoms with E-state index in [1.54, 1.807) is 0 Å². The minimum atomic E-state index is -0.740. The zero-order valence-electron chi connectivity index (χ0n) is 20.2. The summed E-state index contributed by atoms with van der Waals surface area (Å²) < 4.78 is 6.66. The third-order valence-electron chi connectivity index (χ3n) is 7.22. The van der Waals surface area contributed by atoms with Crippen molar-refractivity contribution in [1.29, 1.82) is 0 Å². The van der Waals surface area contributed by atoms with Crippen LogP contribution >= 0.6 is 24.8 Å². The van der Waals surface area contributed by atoms with Gasteiger partial charge < -0.3 is 0 Å². The Morgan fingerprint density at radius 2 is 1.20 bits per heavy atom. The second-order valence-corrected chi connectivity index (χ2v) is 9.23. The molecule has 0 radical (unpaired) electrons. The van der Waals surface area contributed by atoms with Crippen molar-refractivity contribution in [3.63, 3.8) is 0 Å². The average molecular weight is 536 g/mol. The van der Waals surface area contributed by atoms with Gasteiger partial charge >= 0.3 is 209 Å². The van der Waals surface area contributed by atoms with Crippen LogP contribution in [-0.4, -0.2) is 0 Å². The number of rotatable bonds is 5. The predicted octanol–water partition coefficient (Wildman–Crippen LogP) is 8.97. The molecule has 0 saturated heterocycles. The summed E-state index contributed by atoms with van der Waals surface area (Å²) in [6, 6.07) is 34.6. The van der Waals surface area contributed by atoms with Crippen molar-refractivity contribution in [2.24, 2.45) is 0 Å². The largest absolute Gasteiger partial charge is 0.147 e. The monoisotopic (exact) mass is 535 g/mol. The van der Waals surface area contributed by atoms with E-state index in [9.17, 15) is 0 Å². The van der Waals surface area contributed by atoms with Gasteiger partial charge in [0.15, 0.2) is 0 Å². The number of benzene rings is 4. The van der Waals surface area contributed by atoms with Gasteiger partial charge in [-0.3, -0.25) is 0 Å². The zero-order chi connectivity index (χ0) is 23.0. The van der Waals surface area contributed by atoms with Crippen molar-refractivity contribution in [3.8, 4) is 0 Å². The Morgan fingerprint density at radius 3 is 1.71 bits per heavy atom. The standard InChI is InChI=1S/C31H27O.2ClH.Ti/c1-21-20-29(23(3)22(21)2)28-19-18-24-12-10-11-17-27(24)30(28)31(32,25-13-6-4-7-14-25)26-15-8-5-9-16-26;;;/h4-19H,20H2,1-3H3;2*1H;/q-1;;;+1. The van der Waals surface area contributed by atoms with E-state index < -0.39 is 5.60 Å². The molecule has 5 rings (SSSR count). The van der Waals surface area contributed by atoms with Gasteiger partial charge in [0, 0.05) is 0 Å². The maximum Gasteiger partial charge on any atom is -0.147 e. The molecule has 0 N–H and O–H groups in total. The summed E-state index contributed by atoms with van der Waals surface area (Å²) in [5, 5.41) is 2.45. The second-order valence-electron chi connectivity index (χ2n) is 8.91. The first-order chi connectivity index (χ1) is 16.1. The van der Waals surface area contributed by atoms with Gasteiger partial charge in [0.25, 0.3) is 0 Å². The smallest absolute Gasteiger partial charge is 0.147 e. The molecule has 0 atom stereocenters. The molecule has 1 nitrogen and oxygen atoms in total. The van der Waals surface area contributed by atoms with Crippen LogP contribution in [0.4, 0.5) is 0 Å². The molecule has 0 fully saturated rings. The van der Waals surface area contributed by atoms with Crippen LogP contribution in [0.2, 0.25) is 0 Å². The molecule has 0 aliphatic heterocycles. The van der Waals surface area contributed by atoms with Crippen molar-refractivity contribution < 1.29 is 24.1 Å². The van der Waals surface area contributed by atoms with E-state index in [2.05, 4.69) is 118 Å². The van der Waals surface area contributed by atoms with Crippen LogP contribution in [0.3, 0.4) is 0 Å². The SMILES string of the molecule is CC1=C(C)C(C)=C(c2ccc3ccccc3c2C([O][Ti])(c2ccccc2)c2ccccc2)C1.Cl.Cl. The van der Waals surface area contributed by atoms with Crippen LogP contribution in [0.1, 0.15) is 49.4 Å². The average Bonchev–Trinajstić information content (AvgIpc) is 3.13. The molecule has 0 heterocycles. The topological polar surface area (TPSA) is 9.23 Å². The molecule has 0 aromatic heterocycles. The van der Waals surface area contributed by atoms with Gasteiger partial charge in [-0.1, -0.05) is 0 Å². The summed E-state index contributed by atoms with van der Waals surface area (Å²) in [6.07, 6.45) is 0.979. The molecule has 1 aliphatic carbocycles. The first kappa shape index (κ1) is 27.5. The third kappa shape index (κ3) is 4.57. The van der Waals surface area contributed by atoms with Crippen LogP contribution in [0.5, 0.6) is 0 Å². The first-order valence-electron chi connectivity index (χ1n) is 11.4. The van der Waals surface area contributed by atoms with Crippen molar-refractivity contribution in [2.75, 3.05) is 0 Å². The van der Waals surface area contributed by atoms with E-state index >= 15 is 0 Å². The minimum Gasteiger partial charge on any atom is -0.147 e. The number of hydrogen-bond acceptors (Lipinski definition) is 1. The Kier molecular flexibility index (Phi) is 8.86. The Bertz CT molecular complexity index is 1350. The van der Waals surface area contributed by atoms with Gasteiger partial charge in [0.1, 0.15) is 0 Å². The summed E-state index contributed by atoms with van der Waals surface area (Å²) >= 11 is 1.84. The Morgan fingerprint density at radius 1 is 0.657 bits per heavy atom. The summed E-state index contributed by atoms with van der Waals surface area (Å²) in [5.41, 5.74) is 9.66. The van der Waals surface area contributed by atoms with E-state index in [0.29, 0.717) is 0 Å². The van der Waals surface area contributed by atoms with Gasteiger partial charge in [-0.2, -0.15) is 0 Å². The van der Waals surface area contributed by atoms with Crippen LogP contribution in [0, 0.1) is 0 Å². The fraction of sp³-hybridized carbons (Fsp3) is 0.161. The first-order valence-corrected chi connectivity index (χ1v) is 12.1. The number of hydrogen-bond donors (Lipinski definition) is 0. The van der Waals surface area contributed by atoms with E-state index in [1.807, 2.05) is 20.8 Å². The van der Waals surface area contributed by atoms with E-state index in [4.69, 9.17) is 3.32 Å². The molecule has 0 saturated carbocycles. The molecule has 35 heavy (non-hydrogen) atoms. The molecular formula is C31H29Cl2OTi. The van der Waals surface area contributed by atoms with Gasteiger partial charge in [-0.15, -0.1) is 24.8 Å². The fourth-order valence-corrected chi connectivity index (χ4v) is 5.77. The molecule has 4 aromatic rings. The molecule has 0 spiro atoms. The quantitative estimate of drug-likeness (QED) is 0.183. The van der Waals surface area contributed by atoms with Crippen molar-refractivity contribution in [2.45, 2.75) is 32.8 Å². The van der Waals surface area contributed by atoms with Gasteiger partial charge in [-0.25, -0.2) is 0 Å². The van der Waals surface area contributed by atoms with Gasteiger partial charge in [-0.05, 0) is 0 Å². The summed E-state index contributed by atoms with van der Waals surface area (Å²) in [7, 11) is 0. The van der Waals surface area contributed by atoms with Crippen LogP contribution < -0.4 is 0 Å². The summed E-state index contributed by atoms with van der Waals surface area (Å²) in [5.74, 6) is 0. The number of halogens is 2. The molecule has 0 bridgehead atoms. The fourth-order valence-electron chi connectivity index (χ4n) is 5.25. The van der Waals surface area contributed by atoms with Crippen LogP contribution in [0.25, 0.3) is 16.3 Å². The molecule has 4 aromatic carbocycles. The van der Waals surface area contributed by atoms with E-state index in [0.717, 1.165) is 17.5 Å². The molecule has 0 amide bonds. The van der Waals surface area contributed by atoms with Crippen LogP contribution in [-0.2, 0) is 29.7 Å². The zero-order valence-corrected chi connectivity index (χ0v) is 23.4. The molecular weight excluding hydrogens is 507 g/mol. The molecule has 1 aliphatic rings. The van der Waals surface area contributed by atoms with Crippen LogP contribution in [0.15, 0.2) is 114 Å². The Balaban J connectivity index is 0.00000171. The molecule has 177 valence electrons. The van der Waals surface area contributed by atoms with Gasteiger partial charge in [0.2, 0.25) is 0 Å². The van der Waals surface area contributed by atoms with Gasteiger partial charge in [0.05, 0.1) is 0 Å². The predicted molar refractivity (Wildman–Crippen MR) is 148 cm³/mol.